The minimum atomic E-state index is 0.275. The van der Waals surface area contributed by atoms with Crippen LogP contribution in [0.25, 0.3) is 0 Å². The molecule has 0 aromatic heterocycles. The third-order valence-electron chi connectivity index (χ3n) is 1.48. The average Bonchev–Trinajstić information content (AvgIpc) is 1.76. The number of rotatable bonds is 4. The van der Waals surface area contributed by atoms with Gasteiger partial charge >= 0.3 is 0 Å². The second-order valence-electron chi connectivity index (χ2n) is 2.33. The van der Waals surface area contributed by atoms with E-state index in [4.69, 9.17) is 0 Å². The number of hydrogen-bond donors (Lipinski definition) is 0. The fraction of sp³-hybridized carbons (Fsp3) is 0.857. The lowest BCUT2D eigenvalue weighted by atomic mass is 10.2. The largest absolute Gasteiger partial charge is 0.197 e. The van der Waals surface area contributed by atoms with E-state index in [9.17, 15) is 0 Å². The summed E-state index contributed by atoms with van der Waals surface area (Å²) in [5.41, 5.74) is 0. The number of aliphatic imine (C=N–C) groups is 2. The third-order valence-corrected chi connectivity index (χ3v) is 1.48. The fourth-order valence-corrected chi connectivity index (χ4v) is 0.845. The van der Waals surface area contributed by atoms with Crippen LogP contribution in [-0.4, -0.2) is 12.2 Å². The molecule has 1 heterocycles. The maximum Gasteiger partial charge on any atom is 0.161 e. The van der Waals surface area contributed by atoms with Gasteiger partial charge in [-0.15, -0.1) is 0 Å². The monoisotopic (exact) mass is 124 g/mol. The van der Waals surface area contributed by atoms with E-state index in [1.165, 1.54) is 19.3 Å². The molecule has 0 aromatic rings. The van der Waals surface area contributed by atoms with E-state index in [1.807, 2.05) is 0 Å². The Balaban J connectivity index is 1.89. The normalized spacial score (nSPS) is 16.1. The van der Waals surface area contributed by atoms with E-state index in [0.29, 0.717) is 0 Å². The van der Waals surface area contributed by atoms with Crippen molar-refractivity contribution in [1.29, 1.82) is 0 Å². The zero-order chi connectivity index (χ0) is 6.53. The summed E-state index contributed by atoms with van der Waals surface area (Å²) in [5, 5.41) is 0. The fourth-order valence-electron chi connectivity index (χ4n) is 0.845. The lowest BCUT2D eigenvalue weighted by Gasteiger charge is -2.06. The van der Waals surface area contributed by atoms with Crippen LogP contribution in [0, 0.1) is 0 Å². The lowest BCUT2D eigenvalue weighted by Crippen LogP contribution is -2.05. The molecule has 0 amide bonds. The van der Waals surface area contributed by atoms with Crippen LogP contribution in [-0.2, 0) is 0 Å². The molecule has 0 N–H and O–H groups in total. The predicted molar refractivity (Wildman–Crippen MR) is 37.8 cm³/mol. The average molecular weight is 124 g/mol. The standard InChI is InChI=1S/C7H12N2/c1-2-3-4-5-7-8-6-9-7/h7H,2-5H2,1H3. The molecule has 1 aliphatic heterocycles. The molecule has 0 aliphatic carbocycles. The Labute approximate surface area is 55.7 Å². The van der Waals surface area contributed by atoms with Gasteiger partial charge in [-0.2, -0.15) is 9.98 Å². The summed E-state index contributed by atoms with van der Waals surface area (Å²) in [5.74, 6) is 0. The van der Waals surface area contributed by atoms with Gasteiger partial charge in [-0.25, -0.2) is 0 Å². The molecule has 0 spiro atoms. The van der Waals surface area contributed by atoms with Crippen molar-refractivity contribution in [2.24, 2.45) is 9.98 Å². The molecule has 0 saturated carbocycles. The van der Waals surface area contributed by atoms with Crippen molar-refractivity contribution in [3.05, 3.63) is 0 Å². The topological polar surface area (TPSA) is 24.7 Å². The van der Waals surface area contributed by atoms with Crippen molar-refractivity contribution in [1.82, 2.24) is 0 Å². The first-order chi connectivity index (χ1) is 4.43. The van der Waals surface area contributed by atoms with Crippen molar-refractivity contribution in [3.8, 4) is 0 Å². The molecule has 1 rings (SSSR count). The predicted octanol–water partition coefficient (Wildman–Crippen LogP) is 2.08. The van der Waals surface area contributed by atoms with Gasteiger partial charge in [0.15, 0.2) is 6.17 Å². The smallest absolute Gasteiger partial charge is 0.161 e. The maximum atomic E-state index is 3.92. The van der Waals surface area contributed by atoms with E-state index >= 15 is 0 Å². The van der Waals surface area contributed by atoms with E-state index in [-0.39, 0.29) is 6.17 Å². The van der Waals surface area contributed by atoms with Gasteiger partial charge in [-0.1, -0.05) is 19.8 Å². The number of hydrogen-bond acceptors (Lipinski definition) is 2. The van der Waals surface area contributed by atoms with Crippen LogP contribution in [0.1, 0.15) is 32.6 Å². The molecule has 0 fully saturated rings. The third kappa shape index (κ3) is 1.98. The van der Waals surface area contributed by atoms with Gasteiger partial charge in [0.2, 0.25) is 0 Å². The van der Waals surface area contributed by atoms with Gasteiger partial charge in [0.05, 0.1) is 6.01 Å². The van der Waals surface area contributed by atoms with Crippen LogP contribution >= 0.6 is 0 Å². The quantitative estimate of drug-likeness (QED) is 0.512. The van der Waals surface area contributed by atoms with Gasteiger partial charge in [-0.05, 0) is 12.8 Å². The molecular weight excluding hydrogens is 112 g/mol. The Morgan fingerprint density at radius 3 is 2.56 bits per heavy atom. The van der Waals surface area contributed by atoms with Gasteiger partial charge in [0, 0.05) is 0 Å². The summed E-state index contributed by atoms with van der Waals surface area (Å²) in [6, 6.07) is 2.54. The molecule has 0 aromatic carbocycles. The highest BCUT2D eigenvalue weighted by Gasteiger charge is 2.05. The van der Waals surface area contributed by atoms with E-state index in [1.54, 1.807) is 0 Å². The van der Waals surface area contributed by atoms with Gasteiger partial charge in [-0.3, -0.25) is 0 Å². The SMILES string of the molecule is CCCCCC1N=C=N1. The summed E-state index contributed by atoms with van der Waals surface area (Å²) >= 11 is 0. The summed E-state index contributed by atoms with van der Waals surface area (Å²) in [4.78, 5) is 7.85. The molecular formula is C7H12N2. The molecule has 0 atom stereocenters. The van der Waals surface area contributed by atoms with E-state index in [0.717, 1.165) is 6.42 Å². The van der Waals surface area contributed by atoms with Crippen LogP contribution in [0.15, 0.2) is 9.98 Å². The summed E-state index contributed by atoms with van der Waals surface area (Å²) in [6.07, 6.45) is 5.25. The lowest BCUT2D eigenvalue weighted by molar-refractivity contribution is 0.565. The second-order valence-corrected chi connectivity index (χ2v) is 2.33. The van der Waals surface area contributed by atoms with Gasteiger partial charge in [0.25, 0.3) is 0 Å². The van der Waals surface area contributed by atoms with Crippen LogP contribution in [0.4, 0.5) is 0 Å². The highest BCUT2D eigenvalue weighted by atomic mass is 15.1. The molecule has 0 saturated heterocycles. The van der Waals surface area contributed by atoms with Crippen molar-refractivity contribution in [2.75, 3.05) is 0 Å². The Kier molecular flexibility index (Phi) is 2.47. The van der Waals surface area contributed by atoms with Gasteiger partial charge in [0.1, 0.15) is 0 Å². The summed E-state index contributed by atoms with van der Waals surface area (Å²) < 4.78 is 0. The highest BCUT2D eigenvalue weighted by Crippen LogP contribution is 2.09. The maximum absolute atomic E-state index is 3.92. The molecule has 0 unspecified atom stereocenters. The van der Waals surface area contributed by atoms with Crippen LogP contribution in [0.2, 0.25) is 0 Å². The van der Waals surface area contributed by atoms with Crippen molar-refractivity contribution in [3.63, 3.8) is 0 Å². The van der Waals surface area contributed by atoms with Crippen LogP contribution < -0.4 is 0 Å². The van der Waals surface area contributed by atoms with Gasteiger partial charge < -0.3 is 0 Å². The Bertz CT molecular complexity index is 126. The van der Waals surface area contributed by atoms with Crippen LogP contribution in [0.5, 0.6) is 0 Å². The summed E-state index contributed by atoms with van der Waals surface area (Å²) in [6.45, 7) is 2.20. The first kappa shape index (κ1) is 6.50. The minimum absolute atomic E-state index is 0.275. The molecule has 0 radical (unpaired) electrons. The van der Waals surface area contributed by atoms with Crippen molar-refractivity contribution in [2.45, 2.75) is 38.8 Å². The second kappa shape index (κ2) is 3.41. The van der Waals surface area contributed by atoms with E-state index < -0.39 is 0 Å². The Morgan fingerprint density at radius 2 is 2.11 bits per heavy atom. The van der Waals surface area contributed by atoms with Crippen LogP contribution in [0.3, 0.4) is 0 Å². The molecule has 0 bridgehead atoms. The molecule has 1 aliphatic rings. The molecule has 50 valence electrons. The first-order valence-corrected chi connectivity index (χ1v) is 3.58. The highest BCUT2D eigenvalue weighted by molar-refractivity contribution is 5.47. The van der Waals surface area contributed by atoms with Crippen molar-refractivity contribution < 1.29 is 0 Å². The Morgan fingerprint density at radius 1 is 1.33 bits per heavy atom. The first-order valence-electron chi connectivity index (χ1n) is 3.58. The summed E-state index contributed by atoms with van der Waals surface area (Å²) in [7, 11) is 0. The van der Waals surface area contributed by atoms with Crippen molar-refractivity contribution >= 4 is 6.01 Å². The Hall–Kier alpha value is -0.620. The zero-order valence-electron chi connectivity index (χ0n) is 5.80. The molecule has 9 heavy (non-hydrogen) atoms. The molecule has 2 heteroatoms. The minimum Gasteiger partial charge on any atom is -0.197 e. The molecule has 2 nitrogen and oxygen atoms in total. The number of nitrogens with zero attached hydrogens (tertiary/aromatic N) is 2. The van der Waals surface area contributed by atoms with E-state index in [2.05, 4.69) is 22.9 Å². The zero-order valence-corrected chi connectivity index (χ0v) is 5.80. The number of unbranched alkanes of at least 4 members (excludes halogenated alkanes) is 2.